The maximum absolute atomic E-state index is 5.76. The maximum Gasteiger partial charge on any atom is 0.133 e. The summed E-state index contributed by atoms with van der Waals surface area (Å²) < 4.78 is 22.7. The monoisotopic (exact) mass is 408 g/mol. The van der Waals surface area contributed by atoms with Gasteiger partial charge in [0.05, 0.1) is 30.9 Å². The lowest BCUT2D eigenvalue weighted by Crippen LogP contribution is -2.06. The van der Waals surface area contributed by atoms with Gasteiger partial charge in [0.15, 0.2) is 0 Å². The van der Waals surface area contributed by atoms with Crippen molar-refractivity contribution in [3.63, 3.8) is 0 Å². The van der Waals surface area contributed by atoms with E-state index in [9.17, 15) is 0 Å². The van der Waals surface area contributed by atoms with Crippen molar-refractivity contribution < 1.29 is 18.4 Å². The lowest BCUT2D eigenvalue weighted by Gasteiger charge is -2.10. The molecule has 0 fully saturated rings. The fraction of sp³-hybridized carbons (Fsp3) is 0.600. The minimum absolute atomic E-state index is 0.105. The Balaban J connectivity index is 2.26. The molecule has 0 saturated carbocycles. The summed E-state index contributed by atoms with van der Waals surface area (Å²) in [5, 5.41) is 0. The summed E-state index contributed by atoms with van der Waals surface area (Å²) in [7, 11) is 1.56. The van der Waals surface area contributed by atoms with E-state index in [4.69, 9.17) is 18.4 Å². The fourth-order valence-corrected chi connectivity index (χ4v) is 4.59. The van der Waals surface area contributed by atoms with Gasteiger partial charge in [-0.1, -0.05) is 25.5 Å². The van der Waals surface area contributed by atoms with Gasteiger partial charge in [-0.2, -0.15) is 0 Å². The maximum atomic E-state index is 5.76. The molecule has 0 aliphatic heterocycles. The van der Waals surface area contributed by atoms with Crippen molar-refractivity contribution in [3.8, 4) is 5.75 Å². The summed E-state index contributed by atoms with van der Waals surface area (Å²) >= 11 is 5.15. The number of methoxy groups -OCH3 is 1. The van der Waals surface area contributed by atoms with E-state index in [2.05, 4.69) is 22.9 Å². The van der Waals surface area contributed by atoms with Crippen molar-refractivity contribution in [2.45, 2.75) is 26.0 Å². The van der Waals surface area contributed by atoms with Crippen LogP contribution in [0.1, 0.15) is 18.9 Å². The van der Waals surface area contributed by atoms with Crippen LogP contribution in [0, 0.1) is 0 Å². The minimum Gasteiger partial charge on any atom is -0.490 e. The number of hydrogen-bond acceptors (Lipinski definition) is 5. The smallest absolute Gasteiger partial charge is 0.133 e. The predicted molar refractivity (Wildman–Crippen MR) is 98.4 cm³/mol. The van der Waals surface area contributed by atoms with Crippen molar-refractivity contribution in [1.29, 1.82) is 0 Å². The van der Waals surface area contributed by atoms with Crippen LogP contribution in [0.25, 0.3) is 0 Å². The second-order valence-corrected chi connectivity index (χ2v) is 9.03. The van der Waals surface area contributed by atoms with Crippen LogP contribution in [0.15, 0.2) is 22.7 Å². The second-order valence-electron chi connectivity index (χ2n) is 4.66. The molecule has 0 spiro atoms. The van der Waals surface area contributed by atoms with Crippen LogP contribution in [-0.2, 0) is 20.3 Å². The van der Waals surface area contributed by atoms with E-state index in [-0.39, 0.29) is 8.67 Å². The van der Waals surface area contributed by atoms with Crippen LogP contribution in [0.5, 0.6) is 5.75 Å². The first-order chi connectivity index (χ1) is 10.8. The number of halogens is 1. The Morgan fingerprint density at radius 2 is 2.05 bits per heavy atom. The van der Waals surface area contributed by atoms with E-state index in [1.54, 1.807) is 18.6 Å². The molecule has 1 aromatic carbocycles. The molecule has 0 atom stereocenters. The van der Waals surface area contributed by atoms with Gasteiger partial charge in [-0.15, -0.1) is 0 Å². The van der Waals surface area contributed by atoms with Gasteiger partial charge in [0.25, 0.3) is 0 Å². The Morgan fingerprint density at radius 3 is 2.82 bits per heavy atom. The van der Waals surface area contributed by atoms with Crippen molar-refractivity contribution in [1.82, 2.24) is 0 Å². The Labute approximate surface area is 148 Å². The van der Waals surface area contributed by atoms with Gasteiger partial charge < -0.3 is 18.4 Å². The third-order valence-electron chi connectivity index (χ3n) is 2.78. The highest BCUT2D eigenvalue weighted by molar-refractivity contribution is 9.10. The van der Waals surface area contributed by atoms with Gasteiger partial charge in [0.1, 0.15) is 21.0 Å². The topological polar surface area (TPSA) is 36.9 Å². The molecule has 0 bridgehead atoms. The molecule has 1 rings (SSSR count). The average molecular weight is 409 g/mol. The van der Waals surface area contributed by atoms with E-state index in [0.717, 1.165) is 15.8 Å². The second kappa shape index (κ2) is 13.4. The fourth-order valence-electron chi connectivity index (χ4n) is 1.59. The Morgan fingerprint density at radius 1 is 1.18 bits per heavy atom. The summed E-state index contributed by atoms with van der Waals surface area (Å²) in [6.07, 6.45) is 1.26. The summed E-state index contributed by atoms with van der Waals surface area (Å²) in [6, 6.07) is 7.32. The number of hydrogen-bond donors (Lipinski definition) is 0. The largest absolute Gasteiger partial charge is 0.490 e. The van der Waals surface area contributed by atoms with Crippen molar-refractivity contribution >= 4 is 36.1 Å². The highest BCUT2D eigenvalue weighted by Crippen LogP contribution is 2.26. The van der Waals surface area contributed by atoms with Crippen molar-refractivity contribution in [2.75, 3.05) is 33.5 Å². The molecule has 22 heavy (non-hydrogen) atoms. The Kier molecular flexibility index (Phi) is 12.2. The SMILES string of the molecule is CCC[SiH2]SOCCOc1cc(COCCOC)ccc1Br. The van der Waals surface area contributed by atoms with E-state index < -0.39 is 0 Å². The zero-order chi connectivity index (χ0) is 16.0. The zero-order valence-electron chi connectivity index (χ0n) is 13.3. The predicted octanol–water partition coefficient (Wildman–Crippen LogP) is 3.57. The molecule has 126 valence electrons. The molecule has 0 N–H and O–H groups in total. The van der Waals surface area contributed by atoms with Gasteiger partial charge in [-0.3, -0.25) is 0 Å². The quantitative estimate of drug-likeness (QED) is 0.283. The molecule has 4 nitrogen and oxygen atoms in total. The molecule has 1 aromatic rings. The zero-order valence-corrected chi connectivity index (χ0v) is 17.1. The van der Waals surface area contributed by atoms with Crippen LogP contribution in [-0.4, -0.2) is 42.2 Å². The molecule has 0 aliphatic carbocycles. The van der Waals surface area contributed by atoms with E-state index in [1.807, 2.05) is 18.2 Å². The summed E-state index contributed by atoms with van der Waals surface area (Å²) in [5.41, 5.74) is 1.08. The lowest BCUT2D eigenvalue weighted by atomic mass is 10.2. The first-order valence-electron chi connectivity index (χ1n) is 7.50. The molecule has 0 aliphatic rings. The summed E-state index contributed by atoms with van der Waals surface area (Å²) in [6.45, 7) is 5.14. The Hall–Kier alpha value is -0.0531. The number of ether oxygens (including phenoxy) is 3. The van der Waals surface area contributed by atoms with Crippen LogP contribution < -0.4 is 4.74 Å². The van der Waals surface area contributed by atoms with Crippen LogP contribution in [0.2, 0.25) is 6.04 Å². The minimum atomic E-state index is -0.105. The molecular formula is C15H25BrO4SSi. The Bertz CT molecular complexity index is 409. The normalized spacial score (nSPS) is 11.4. The first-order valence-corrected chi connectivity index (χ1v) is 11.9. The van der Waals surface area contributed by atoms with E-state index >= 15 is 0 Å². The standard InChI is InChI=1S/C15H25BrO4SSi/c1-3-10-22-21-20-9-8-19-15-11-13(4-5-14(15)16)12-18-7-6-17-2/h4-5,11H,3,6-10,12,22H2,1-2H3. The molecular weight excluding hydrogens is 384 g/mol. The summed E-state index contributed by atoms with van der Waals surface area (Å²) in [4.78, 5) is 0. The molecule has 0 heterocycles. The third-order valence-corrected chi connectivity index (χ3v) is 6.80. The molecule has 0 amide bonds. The van der Waals surface area contributed by atoms with E-state index in [0.29, 0.717) is 33.0 Å². The highest BCUT2D eigenvalue weighted by atomic mass is 79.9. The van der Waals surface area contributed by atoms with Crippen molar-refractivity contribution in [2.24, 2.45) is 0 Å². The van der Waals surface area contributed by atoms with Gasteiger partial charge in [-0.25, -0.2) is 0 Å². The van der Waals surface area contributed by atoms with E-state index in [1.165, 1.54) is 12.5 Å². The molecule has 0 radical (unpaired) electrons. The molecule has 0 saturated heterocycles. The first kappa shape index (κ1) is 20.0. The lowest BCUT2D eigenvalue weighted by molar-refractivity contribution is 0.0615. The van der Waals surface area contributed by atoms with Crippen LogP contribution >= 0.6 is 27.4 Å². The van der Waals surface area contributed by atoms with Gasteiger partial charge in [0.2, 0.25) is 0 Å². The number of rotatable bonds is 13. The van der Waals surface area contributed by atoms with Gasteiger partial charge >= 0.3 is 0 Å². The van der Waals surface area contributed by atoms with Crippen LogP contribution in [0.4, 0.5) is 0 Å². The average Bonchev–Trinajstić information content (AvgIpc) is 2.53. The highest BCUT2D eigenvalue weighted by Gasteiger charge is 2.04. The molecule has 7 heteroatoms. The van der Waals surface area contributed by atoms with Crippen molar-refractivity contribution in [3.05, 3.63) is 28.2 Å². The third kappa shape index (κ3) is 9.17. The number of benzene rings is 1. The van der Waals surface area contributed by atoms with Crippen LogP contribution in [0.3, 0.4) is 0 Å². The summed E-state index contributed by atoms with van der Waals surface area (Å²) in [5.74, 6) is 0.826. The van der Waals surface area contributed by atoms with Gasteiger partial charge in [-0.05, 0) is 45.1 Å². The van der Waals surface area contributed by atoms with Gasteiger partial charge in [0, 0.05) is 7.11 Å². The molecule has 0 aromatic heterocycles. The molecule has 0 unspecified atom stereocenters.